The van der Waals surface area contributed by atoms with Crippen LogP contribution in [0.25, 0.3) is 0 Å². The number of hydrogen-bond donors (Lipinski definition) is 2. The Balaban J connectivity index is 3.62. The SMILES string of the molecule is Nc1cc(C(F)F)c(S(N)(=O)=O)c(I)n1. The van der Waals surface area contributed by atoms with Crippen molar-refractivity contribution in [2.45, 2.75) is 11.3 Å². The van der Waals surface area contributed by atoms with Gasteiger partial charge in [-0.1, -0.05) is 0 Å². The summed E-state index contributed by atoms with van der Waals surface area (Å²) in [7, 11) is -4.23. The van der Waals surface area contributed by atoms with E-state index in [1.165, 1.54) is 22.6 Å². The molecule has 0 aromatic carbocycles. The fraction of sp³-hybridized carbons (Fsp3) is 0.167. The van der Waals surface area contributed by atoms with Crippen LogP contribution in [0.2, 0.25) is 0 Å². The number of nitrogens with zero attached hydrogens (tertiary/aromatic N) is 1. The zero-order valence-electron chi connectivity index (χ0n) is 7.12. The molecule has 0 fully saturated rings. The molecule has 0 unspecified atom stereocenters. The summed E-state index contributed by atoms with van der Waals surface area (Å²) in [4.78, 5) is 2.88. The summed E-state index contributed by atoms with van der Waals surface area (Å²) in [5, 5.41) is 4.80. The van der Waals surface area contributed by atoms with Crippen molar-refractivity contribution in [3.8, 4) is 0 Å². The number of primary sulfonamides is 1. The number of sulfonamides is 1. The Morgan fingerprint density at radius 3 is 2.40 bits per heavy atom. The molecule has 0 saturated carbocycles. The maximum Gasteiger partial charge on any atom is 0.265 e. The lowest BCUT2D eigenvalue weighted by Crippen LogP contribution is -2.18. The van der Waals surface area contributed by atoms with Gasteiger partial charge in [-0.05, 0) is 28.7 Å². The van der Waals surface area contributed by atoms with Crippen molar-refractivity contribution >= 4 is 38.4 Å². The first-order valence-electron chi connectivity index (χ1n) is 3.50. The molecule has 0 aliphatic heterocycles. The van der Waals surface area contributed by atoms with E-state index in [2.05, 4.69) is 4.98 Å². The molecule has 1 aromatic heterocycles. The largest absolute Gasteiger partial charge is 0.384 e. The molecule has 84 valence electrons. The van der Waals surface area contributed by atoms with Crippen LogP contribution < -0.4 is 10.9 Å². The molecule has 0 bridgehead atoms. The molecule has 1 rings (SSSR count). The van der Waals surface area contributed by atoms with E-state index in [1.807, 2.05) is 0 Å². The molecule has 0 aliphatic rings. The van der Waals surface area contributed by atoms with Gasteiger partial charge in [0.05, 0.1) is 0 Å². The second-order valence-electron chi connectivity index (χ2n) is 2.60. The van der Waals surface area contributed by atoms with Crippen molar-refractivity contribution in [1.29, 1.82) is 0 Å². The number of rotatable bonds is 2. The summed E-state index contributed by atoms with van der Waals surface area (Å²) in [6.07, 6.45) is -2.97. The lowest BCUT2D eigenvalue weighted by molar-refractivity contribution is 0.147. The number of pyridine rings is 1. The number of nitrogen functional groups attached to an aromatic ring is 1. The maximum atomic E-state index is 12.5. The van der Waals surface area contributed by atoms with E-state index in [4.69, 9.17) is 10.9 Å². The van der Waals surface area contributed by atoms with Gasteiger partial charge in [0.25, 0.3) is 6.43 Å². The van der Waals surface area contributed by atoms with Gasteiger partial charge in [-0.15, -0.1) is 0 Å². The van der Waals surface area contributed by atoms with Gasteiger partial charge in [0.1, 0.15) is 14.4 Å². The van der Waals surface area contributed by atoms with Crippen LogP contribution in [0, 0.1) is 3.70 Å². The molecule has 0 aliphatic carbocycles. The lowest BCUT2D eigenvalue weighted by atomic mass is 10.3. The molecular formula is C6H6F2IN3O2S. The average Bonchev–Trinajstić information content (AvgIpc) is 1.99. The third-order valence-electron chi connectivity index (χ3n) is 1.50. The minimum absolute atomic E-state index is 0.162. The Bertz CT molecular complexity index is 491. The second kappa shape index (κ2) is 4.14. The minimum atomic E-state index is -4.23. The van der Waals surface area contributed by atoms with E-state index < -0.39 is 26.9 Å². The van der Waals surface area contributed by atoms with Gasteiger partial charge in [-0.2, -0.15) is 0 Å². The van der Waals surface area contributed by atoms with Crippen molar-refractivity contribution in [3.05, 3.63) is 15.3 Å². The normalized spacial score (nSPS) is 12.1. The van der Waals surface area contributed by atoms with Gasteiger partial charge >= 0.3 is 0 Å². The number of alkyl halides is 2. The van der Waals surface area contributed by atoms with E-state index in [0.717, 1.165) is 6.07 Å². The van der Waals surface area contributed by atoms with Gasteiger partial charge in [-0.3, -0.25) is 0 Å². The first-order valence-corrected chi connectivity index (χ1v) is 6.13. The van der Waals surface area contributed by atoms with Crippen molar-refractivity contribution in [2.75, 3.05) is 5.73 Å². The predicted octanol–water partition coefficient (Wildman–Crippen LogP) is 0.853. The number of aromatic nitrogens is 1. The highest BCUT2D eigenvalue weighted by atomic mass is 127. The number of hydrogen-bond acceptors (Lipinski definition) is 4. The first-order chi connectivity index (χ1) is 6.73. The zero-order valence-corrected chi connectivity index (χ0v) is 10.1. The van der Waals surface area contributed by atoms with Crippen LogP contribution in [0.1, 0.15) is 12.0 Å². The van der Waals surface area contributed by atoms with Crippen molar-refractivity contribution in [2.24, 2.45) is 5.14 Å². The van der Waals surface area contributed by atoms with Crippen LogP contribution in [0.3, 0.4) is 0 Å². The highest BCUT2D eigenvalue weighted by Crippen LogP contribution is 2.29. The summed E-state index contributed by atoms with van der Waals surface area (Å²) in [6.45, 7) is 0. The molecule has 9 heteroatoms. The van der Waals surface area contributed by atoms with Crippen LogP contribution in [0.15, 0.2) is 11.0 Å². The Kier molecular flexibility index (Phi) is 3.45. The van der Waals surface area contributed by atoms with Crippen LogP contribution in [0.4, 0.5) is 14.6 Å². The number of nitrogens with two attached hydrogens (primary N) is 2. The van der Waals surface area contributed by atoms with Crippen LogP contribution in [0.5, 0.6) is 0 Å². The molecule has 0 radical (unpaired) electrons. The summed E-state index contributed by atoms with van der Waals surface area (Å²) in [6, 6.07) is 0.798. The zero-order chi connectivity index (χ0) is 11.8. The van der Waals surface area contributed by atoms with Gasteiger partial charge in [0.15, 0.2) is 0 Å². The maximum absolute atomic E-state index is 12.5. The molecule has 0 atom stereocenters. The Morgan fingerprint density at radius 1 is 1.47 bits per heavy atom. The fourth-order valence-corrected chi connectivity index (χ4v) is 3.25. The topological polar surface area (TPSA) is 99.1 Å². The van der Waals surface area contributed by atoms with E-state index in [-0.39, 0.29) is 9.52 Å². The summed E-state index contributed by atoms with van der Waals surface area (Å²) >= 11 is 1.49. The molecule has 15 heavy (non-hydrogen) atoms. The second-order valence-corrected chi connectivity index (χ2v) is 5.12. The summed E-state index contributed by atoms with van der Waals surface area (Å²) in [5.74, 6) is -0.179. The van der Waals surface area contributed by atoms with E-state index in [1.54, 1.807) is 0 Å². The quantitative estimate of drug-likeness (QED) is 0.611. The molecular weight excluding hydrogens is 343 g/mol. The third-order valence-corrected chi connectivity index (χ3v) is 3.64. The van der Waals surface area contributed by atoms with Crippen molar-refractivity contribution in [3.63, 3.8) is 0 Å². The predicted molar refractivity (Wildman–Crippen MR) is 57.7 cm³/mol. The first kappa shape index (κ1) is 12.5. The summed E-state index contributed by atoms with van der Waals surface area (Å²) < 4.78 is 47.0. The minimum Gasteiger partial charge on any atom is -0.384 e. The van der Waals surface area contributed by atoms with Crippen LogP contribution >= 0.6 is 22.6 Å². The van der Waals surface area contributed by atoms with Gasteiger partial charge in [0.2, 0.25) is 10.0 Å². The molecule has 0 amide bonds. The van der Waals surface area contributed by atoms with Crippen molar-refractivity contribution < 1.29 is 17.2 Å². The standard InChI is InChI=1S/C6H6F2IN3O2S/c7-5(8)2-1-3(10)12-6(9)4(2)15(11,13)14/h1,5H,(H2,10,12)(H2,11,13,14). The van der Waals surface area contributed by atoms with Gasteiger partial charge in [0, 0.05) is 5.56 Å². The molecule has 5 nitrogen and oxygen atoms in total. The Morgan fingerprint density at radius 2 is 2.00 bits per heavy atom. The van der Waals surface area contributed by atoms with Crippen molar-refractivity contribution in [1.82, 2.24) is 4.98 Å². The number of halogens is 3. The fourth-order valence-electron chi connectivity index (χ4n) is 0.984. The average molecular weight is 349 g/mol. The monoisotopic (exact) mass is 349 g/mol. The lowest BCUT2D eigenvalue weighted by Gasteiger charge is -2.09. The van der Waals surface area contributed by atoms with Gasteiger partial charge < -0.3 is 5.73 Å². The number of anilines is 1. The highest BCUT2D eigenvalue weighted by Gasteiger charge is 2.25. The molecule has 1 aromatic rings. The van der Waals surface area contributed by atoms with E-state index in [9.17, 15) is 17.2 Å². The summed E-state index contributed by atoms with van der Waals surface area (Å²) in [5.41, 5.74) is 4.50. The van der Waals surface area contributed by atoms with Crippen LogP contribution in [-0.4, -0.2) is 13.4 Å². The van der Waals surface area contributed by atoms with Crippen LogP contribution in [-0.2, 0) is 10.0 Å². The van der Waals surface area contributed by atoms with Gasteiger partial charge in [-0.25, -0.2) is 27.3 Å². The Hall–Kier alpha value is -0.550. The Labute approximate surface area is 98.0 Å². The third kappa shape index (κ3) is 2.72. The highest BCUT2D eigenvalue weighted by molar-refractivity contribution is 14.1. The molecule has 0 spiro atoms. The smallest absolute Gasteiger partial charge is 0.265 e. The molecule has 4 N–H and O–H groups in total. The van der Waals surface area contributed by atoms with E-state index in [0.29, 0.717) is 0 Å². The molecule has 0 saturated heterocycles. The van der Waals surface area contributed by atoms with E-state index >= 15 is 0 Å². The molecule has 1 heterocycles.